The largest absolute Gasteiger partial charge is 0.323 e. The van der Waals surface area contributed by atoms with Crippen molar-refractivity contribution in [2.75, 3.05) is 45.0 Å². The molecular formula is C22H34N6O3S. The minimum Gasteiger partial charge on any atom is -0.323 e. The number of sulfonamides is 1. The Morgan fingerprint density at radius 2 is 1.62 bits per heavy atom. The van der Waals surface area contributed by atoms with E-state index in [4.69, 9.17) is 0 Å². The summed E-state index contributed by atoms with van der Waals surface area (Å²) in [5, 5.41) is 4.67. The Kier molecular flexibility index (Phi) is 4.22. The van der Waals surface area contributed by atoms with Crippen LogP contribution in [-0.4, -0.2) is 88.3 Å². The van der Waals surface area contributed by atoms with Crippen LogP contribution in [0.15, 0.2) is 6.33 Å². The van der Waals surface area contributed by atoms with Gasteiger partial charge in [0.15, 0.2) is 5.82 Å². The van der Waals surface area contributed by atoms with Crippen LogP contribution in [0.4, 0.5) is 4.79 Å². The summed E-state index contributed by atoms with van der Waals surface area (Å²) in [5.74, 6) is 1.76. The van der Waals surface area contributed by atoms with Gasteiger partial charge in [-0.1, -0.05) is 20.8 Å². The number of nitrogens with zero attached hydrogens (tertiary/aromatic N) is 6. The lowest BCUT2D eigenvalue weighted by molar-refractivity contribution is -0.101. The Morgan fingerprint density at radius 1 is 1.03 bits per heavy atom. The van der Waals surface area contributed by atoms with Gasteiger partial charge in [0, 0.05) is 56.0 Å². The number of amides is 2. The first-order chi connectivity index (χ1) is 15.0. The van der Waals surface area contributed by atoms with E-state index in [1.54, 1.807) is 4.31 Å². The monoisotopic (exact) mass is 462 g/mol. The molecule has 0 radical (unpaired) electrons. The van der Waals surface area contributed by atoms with Crippen LogP contribution in [-0.2, 0) is 10.0 Å². The molecule has 0 unspecified atom stereocenters. The van der Waals surface area contributed by atoms with E-state index in [2.05, 4.69) is 10.1 Å². The fourth-order valence-electron chi connectivity index (χ4n) is 6.11. The van der Waals surface area contributed by atoms with Gasteiger partial charge in [-0.2, -0.15) is 5.10 Å². The third-order valence-corrected chi connectivity index (χ3v) is 10.1. The number of likely N-dealkylation sites (tertiary alicyclic amines) is 2. The van der Waals surface area contributed by atoms with E-state index in [-0.39, 0.29) is 28.0 Å². The van der Waals surface area contributed by atoms with Crippen molar-refractivity contribution in [3.63, 3.8) is 0 Å². The molecule has 1 aromatic rings. The molecule has 4 heterocycles. The summed E-state index contributed by atoms with van der Waals surface area (Å²) < 4.78 is 28.7. The van der Waals surface area contributed by atoms with Gasteiger partial charge in [0.25, 0.3) is 0 Å². The molecule has 176 valence electrons. The van der Waals surface area contributed by atoms with Crippen LogP contribution in [0.25, 0.3) is 0 Å². The zero-order valence-electron chi connectivity index (χ0n) is 19.3. The lowest BCUT2D eigenvalue weighted by Gasteiger charge is -2.63. The van der Waals surface area contributed by atoms with E-state index in [9.17, 15) is 13.2 Å². The van der Waals surface area contributed by atoms with Gasteiger partial charge in [0.1, 0.15) is 6.33 Å². The third kappa shape index (κ3) is 3.45. The second kappa shape index (κ2) is 6.46. The van der Waals surface area contributed by atoms with Gasteiger partial charge >= 0.3 is 6.03 Å². The number of carbonyl (C=O) groups excluding carboxylic acids is 1. The summed E-state index contributed by atoms with van der Waals surface area (Å²) in [5.41, 5.74) is 0.00456. The van der Waals surface area contributed by atoms with Crippen molar-refractivity contribution in [2.24, 2.45) is 16.2 Å². The Balaban J connectivity index is 0.947. The first-order valence-electron chi connectivity index (χ1n) is 11.9. The smallest absolute Gasteiger partial charge is 0.320 e. The van der Waals surface area contributed by atoms with Crippen LogP contribution < -0.4 is 0 Å². The number of hydrogen-bond donors (Lipinski definition) is 0. The Morgan fingerprint density at radius 3 is 2.19 bits per heavy atom. The van der Waals surface area contributed by atoms with Crippen LogP contribution >= 0.6 is 0 Å². The average molecular weight is 463 g/mol. The van der Waals surface area contributed by atoms with Crippen molar-refractivity contribution in [2.45, 2.75) is 58.4 Å². The number of aromatic nitrogens is 3. The van der Waals surface area contributed by atoms with Crippen LogP contribution in [0.1, 0.15) is 64.2 Å². The lowest BCUT2D eigenvalue weighted by atomic mass is 9.60. The number of carbonyl (C=O) groups is 1. The quantitative estimate of drug-likeness (QED) is 0.682. The van der Waals surface area contributed by atoms with Crippen molar-refractivity contribution >= 4 is 16.1 Å². The molecule has 0 aromatic carbocycles. The standard InChI is InChI=1S/C22H34N6O3S/c1-20(2,3)14-32(30,31)27-12-22(13-27)10-26(11-22)19(29)25-8-21(9-25)6-17(7-21)28-15-23-18(24-28)16-4-5-16/h15-17H,4-14H2,1-3H3. The highest BCUT2D eigenvalue weighted by Crippen LogP contribution is 2.54. The summed E-state index contributed by atoms with van der Waals surface area (Å²) in [4.78, 5) is 21.2. The van der Waals surface area contributed by atoms with Gasteiger partial charge in [-0.15, -0.1) is 0 Å². The van der Waals surface area contributed by atoms with Gasteiger partial charge in [-0.25, -0.2) is 27.2 Å². The molecule has 32 heavy (non-hydrogen) atoms. The molecule has 5 aliphatic rings. The summed E-state index contributed by atoms with van der Waals surface area (Å²) in [6.45, 7) is 10.0. The van der Waals surface area contributed by atoms with Crippen LogP contribution in [0.5, 0.6) is 0 Å². The maximum atomic E-state index is 12.9. The zero-order valence-corrected chi connectivity index (χ0v) is 20.1. The molecule has 3 saturated heterocycles. The van der Waals surface area contributed by atoms with E-state index < -0.39 is 10.0 Å². The van der Waals surface area contributed by atoms with Crippen LogP contribution in [0.3, 0.4) is 0 Å². The van der Waals surface area contributed by atoms with E-state index in [1.165, 1.54) is 12.8 Å². The second-order valence-electron chi connectivity index (χ2n) is 12.5. The van der Waals surface area contributed by atoms with Gasteiger partial charge in [0.05, 0.1) is 11.8 Å². The molecule has 2 spiro atoms. The zero-order chi connectivity index (χ0) is 22.5. The maximum Gasteiger partial charge on any atom is 0.320 e. The van der Waals surface area contributed by atoms with Gasteiger partial charge in [0.2, 0.25) is 10.0 Å². The molecule has 6 rings (SSSR count). The molecule has 3 aliphatic heterocycles. The predicted molar refractivity (Wildman–Crippen MR) is 118 cm³/mol. The molecule has 2 saturated carbocycles. The van der Waals surface area contributed by atoms with Crippen molar-refractivity contribution in [3.8, 4) is 0 Å². The van der Waals surface area contributed by atoms with Crippen molar-refractivity contribution < 1.29 is 13.2 Å². The van der Waals surface area contributed by atoms with E-state index in [0.717, 1.165) is 31.8 Å². The fraction of sp³-hybridized carbons (Fsp3) is 0.864. The molecule has 5 fully saturated rings. The molecule has 1 aromatic heterocycles. The molecule has 2 aliphatic carbocycles. The minimum absolute atomic E-state index is 0.0168. The first-order valence-corrected chi connectivity index (χ1v) is 13.5. The molecule has 2 amide bonds. The molecule has 10 heteroatoms. The Hall–Kier alpha value is -1.68. The van der Waals surface area contributed by atoms with Gasteiger partial charge < -0.3 is 9.80 Å². The SMILES string of the molecule is CC(C)(C)CS(=O)(=O)N1CC2(CN(C(=O)N3CC4(CC(n5cnc(C6CC6)n5)C4)C3)C2)C1. The highest BCUT2D eigenvalue weighted by Gasteiger charge is 2.60. The summed E-state index contributed by atoms with van der Waals surface area (Å²) in [6.07, 6.45) is 6.48. The molecule has 0 atom stereocenters. The normalized spacial score (nSPS) is 27.1. The number of hydrogen-bond acceptors (Lipinski definition) is 5. The highest BCUT2D eigenvalue weighted by atomic mass is 32.2. The average Bonchev–Trinajstić information content (AvgIpc) is 3.26. The van der Waals surface area contributed by atoms with Crippen molar-refractivity contribution in [1.29, 1.82) is 0 Å². The third-order valence-electron chi connectivity index (χ3n) is 7.86. The summed E-state index contributed by atoms with van der Waals surface area (Å²) in [7, 11) is -3.21. The summed E-state index contributed by atoms with van der Waals surface area (Å²) >= 11 is 0. The lowest BCUT2D eigenvalue weighted by Crippen LogP contribution is -2.76. The van der Waals surface area contributed by atoms with Gasteiger partial charge in [-0.3, -0.25) is 0 Å². The van der Waals surface area contributed by atoms with E-state index in [1.807, 2.05) is 41.6 Å². The van der Waals surface area contributed by atoms with Gasteiger partial charge in [-0.05, 0) is 31.1 Å². The van der Waals surface area contributed by atoms with Crippen LogP contribution in [0.2, 0.25) is 0 Å². The van der Waals surface area contributed by atoms with Crippen LogP contribution in [0, 0.1) is 16.2 Å². The maximum absolute atomic E-state index is 12.9. The number of urea groups is 1. The predicted octanol–water partition coefficient (Wildman–Crippen LogP) is 1.91. The molecule has 0 N–H and O–H groups in total. The number of rotatable bonds is 4. The first kappa shape index (κ1) is 20.9. The van der Waals surface area contributed by atoms with E-state index >= 15 is 0 Å². The summed E-state index contributed by atoms with van der Waals surface area (Å²) in [6, 6.07) is 0.549. The van der Waals surface area contributed by atoms with Crippen molar-refractivity contribution in [3.05, 3.63) is 12.2 Å². The fourth-order valence-corrected chi connectivity index (χ4v) is 8.33. The Labute approximate surface area is 190 Å². The van der Waals surface area contributed by atoms with E-state index in [0.29, 0.717) is 38.1 Å². The molecule has 9 nitrogen and oxygen atoms in total. The minimum atomic E-state index is -3.21. The topological polar surface area (TPSA) is 91.6 Å². The molecular weight excluding hydrogens is 428 g/mol. The molecule has 0 bridgehead atoms. The second-order valence-corrected chi connectivity index (χ2v) is 14.5. The Bertz CT molecular complexity index is 1030. The van der Waals surface area contributed by atoms with Crippen molar-refractivity contribution in [1.82, 2.24) is 28.9 Å². The highest BCUT2D eigenvalue weighted by molar-refractivity contribution is 7.89.